The summed E-state index contributed by atoms with van der Waals surface area (Å²) in [6.45, 7) is 9.59. The molecule has 0 unspecified atom stereocenters. The molecule has 0 atom stereocenters. The first-order valence-electron chi connectivity index (χ1n) is 8.26. The zero-order chi connectivity index (χ0) is 19.9. The van der Waals surface area contributed by atoms with Gasteiger partial charge in [0.15, 0.2) is 0 Å². The van der Waals surface area contributed by atoms with Gasteiger partial charge in [-0.15, -0.1) is 0 Å². The van der Waals surface area contributed by atoms with E-state index in [1.807, 2.05) is 0 Å². The van der Waals surface area contributed by atoms with E-state index < -0.39 is 21.8 Å². The highest BCUT2D eigenvalue weighted by molar-refractivity contribution is 7.75. The normalized spacial score (nSPS) is 11.5. The topological polar surface area (TPSA) is 36.5 Å². The summed E-state index contributed by atoms with van der Waals surface area (Å²) in [6, 6.07) is 0. The lowest BCUT2D eigenvalue weighted by Gasteiger charge is -2.22. The third-order valence-electron chi connectivity index (χ3n) is 3.15. The fraction of sp³-hybridized carbons (Fsp3) is 1.00. The first-order valence-corrected chi connectivity index (χ1v) is 11.1. The molecular weight excluding hydrogens is 375 g/mol. The molecule has 1 nitrogen and oxygen atoms in total. The van der Waals surface area contributed by atoms with Crippen LogP contribution in [0.5, 0.6) is 0 Å². The van der Waals surface area contributed by atoms with E-state index in [9.17, 15) is 34.5 Å². The maximum absolute atomic E-state index is 9.75. The molecule has 0 bridgehead atoms. The van der Waals surface area contributed by atoms with Gasteiger partial charge in [-0.3, -0.25) is 0 Å². The maximum Gasteiger partial charge on any atom is 0.673 e. The summed E-state index contributed by atoms with van der Waals surface area (Å²) in [7, 11) is -12.5. The Morgan fingerprint density at radius 2 is 0.720 bits per heavy atom. The molecule has 0 aliphatic carbocycles. The lowest BCUT2D eigenvalue weighted by Crippen LogP contribution is -2.07. The van der Waals surface area contributed by atoms with E-state index in [1.54, 1.807) is 18.5 Å². The molecule has 0 saturated carbocycles. The van der Waals surface area contributed by atoms with Crippen molar-refractivity contribution in [3.8, 4) is 0 Å². The van der Waals surface area contributed by atoms with Crippen LogP contribution in [0.1, 0.15) is 59.3 Å². The van der Waals surface area contributed by atoms with Crippen molar-refractivity contribution in [3.63, 3.8) is 0 Å². The molecule has 0 radical (unpaired) electrons. The molecule has 0 rings (SSSR count). The zero-order valence-corrected chi connectivity index (χ0v) is 16.9. The van der Waals surface area contributed by atoms with E-state index in [2.05, 4.69) is 27.4 Å². The SMILES string of the molecule is CCCC[P+](C)(CCCC)CCCC.F[B-](F)(F)F.F[B-](F)(F)F.[NH4+]. The highest BCUT2D eigenvalue weighted by Gasteiger charge is 2.28. The second kappa shape index (κ2) is 17.4. The summed E-state index contributed by atoms with van der Waals surface area (Å²) in [4.78, 5) is 0. The predicted molar refractivity (Wildman–Crippen MR) is 98.5 cm³/mol. The van der Waals surface area contributed by atoms with Gasteiger partial charge in [0, 0.05) is 13.9 Å². The van der Waals surface area contributed by atoms with Gasteiger partial charge in [0.25, 0.3) is 0 Å². The number of hydrogen-bond acceptors (Lipinski definition) is 0. The quantitative estimate of drug-likeness (QED) is 0.228. The van der Waals surface area contributed by atoms with Crippen molar-refractivity contribution >= 4 is 21.8 Å². The Labute approximate surface area is 147 Å². The molecule has 4 N–H and O–H groups in total. The summed E-state index contributed by atoms with van der Waals surface area (Å²) in [6.07, 6.45) is 13.2. The van der Waals surface area contributed by atoms with Crippen molar-refractivity contribution in [2.45, 2.75) is 59.3 Å². The molecule has 0 aromatic rings. The molecule has 0 saturated heterocycles. The summed E-state index contributed by atoms with van der Waals surface area (Å²) >= 11 is 0. The average molecular weight is 409 g/mol. The molecular formula is C13H34B2F8NP. The lowest BCUT2D eigenvalue weighted by atomic mass is 10.3. The summed E-state index contributed by atoms with van der Waals surface area (Å²) < 4.78 is 78.0. The van der Waals surface area contributed by atoms with Crippen molar-refractivity contribution in [3.05, 3.63) is 0 Å². The van der Waals surface area contributed by atoms with Gasteiger partial charge in [-0.05, 0) is 19.3 Å². The molecule has 158 valence electrons. The average Bonchev–Trinajstić information content (AvgIpc) is 2.37. The van der Waals surface area contributed by atoms with Gasteiger partial charge in [-0.25, -0.2) is 0 Å². The van der Waals surface area contributed by atoms with Gasteiger partial charge in [0.1, 0.15) is 0 Å². The van der Waals surface area contributed by atoms with Gasteiger partial charge < -0.3 is 40.7 Å². The van der Waals surface area contributed by atoms with Crippen LogP contribution < -0.4 is 6.15 Å². The predicted octanol–water partition coefficient (Wildman–Crippen LogP) is 8.01. The highest BCUT2D eigenvalue weighted by atomic mass is 31.2. The van der Waals surface area contributed by atoms with Gasteiger partial charge in [-0.1, -0.05) is 40.0 Å². The number of rotatable bonds is 9. The van der Waals surface area contributed by atoms with Crippen molar-refractivity contribution in [2.24, 2.45) is 0 Å². The van der Waals surface area contributed by atoms with E-state index in [0.717, 1.165) is 0 Å². The van der Waals surface area contributed by atoms with Crippen molar-refractivity contribution in [1.82, 2.24) is 6.15 Å². The summed E-state index contributed by atoms with van der Waals surface area (Å²) in [5, 5.41) is 0. The highest BCUT2D eigenvalue weighted by Crippen LogP contribution is 2.57. The van der Waals surface area contributed by atoms with Gasteiger partial charge >= 0.3 is 14.5 Å². The Morgan fingerprint density at radius 3 is 0.840 bits per heavy atom. The van der Waals surface area contributed by atoms with Gasteiger partial charge in [0.2, 0.25) is 0 Å². The Hall–Kier alpha value is -0.0401. The maximum atomic E-state index is 9.75. The third kappa shape index (κ3) is 51.6. The lowest BCUT2D eigenvalue weighted by molar-refractivity contribution is 0.366. The fourth-order valence-corrected chi connectivity index (χ4v) is 5.86. The van der Waals surface area contributed by atoms with Crippen LogP contribution in [0.3, 0.4) is 0 Å². The largest absolute Gasteiger partial charge is 0.673 e. The fourth-order valence-electron chi connectivity index (χ4n) is 1.95. The van der Waals surface area contributed by atoms with Crippen LogP contribution in [-0.2, 0) is 0 Å². The summed E-state index contributed by atoms with van der Waals surface area (Å²) in [5.41, 5.74) is 0. The van der Waals surface area contributed by atoms with Gasteiger partial charge in [-0.2, -0.15) is 0 Å². The number of unbranched alkanes of at least 4 members (excludes halogenated alkanes) is 3. The van der Waals surface area contributed by atoms with Crippen LogP contribution in [0, 0.1) is 0 Å². The van der Waals surface area contributed by atoms with Crippen LogP contribution in [0.2, 0.25) is 0 Å². The second-order valence-electron chi connectivity index (χ2n) is 5.84. The molecule has 25 heavy (non-hydrogen) atoms. The van der Waals surface area contributed by atoms with E-state index in [-0.39, 0.29) is 6.15 Å². The molecule has 0 heterocycles. The molecule has 0 aliphatic rings. The van der Waals surface area contributed by atoms with E-state index in [1.165, 1.54) is 38.5 Å². The standard InChI is InChI=1S/C13H30P.2BF4.H3N/c1-5-8-11-14(4,12-9-6-2)13-10-7-3;2*2-1(3,4)5;/h5-13H2,1-4H3;;;1H3/q+1;2*-1;/p+1. The van der Waals surface area contributed by atoms with E-state index in [4.69, 9.17) is 0 Å². The van der Waals surface area contributed by atoms with Crippen LogP contribution >= 0.6 is 7.26 Å². The van der Waals surface area contributed by atoms with Gasteiger partial charge in [0.05, 0.1) is 18.5 Å². The number of halogens is 8. The zero-order valence-electron chi connectivity index (χ0n) is 16.0. The third-order valence-corrected chi connectivity index (χ3v) is 7.34. The van der Waals surface area contributed by atoms with Crippen LogP contribution in [-0.4, -0.2) is 39.7 Å². The minimum Gasteiger partial charge on any atom is -0.418 e. The molecule has 0 spiro atoms. The minimum absolute atomic E-state index is 0. The van der Waals surface area contributed by atoms with E-state index in [0.29, 0.717) is 0 Å². The molecule has 12 heteroatoms. The Kier molecular flexibility index (Phi) is 22.7. The molecule has 0 aliphatic heterocycles. The molecule has 0 aromatic carbocycles. The van der Waals surface area contributed by atoms with Crippen molar-refractivity contribution < 1.29 is 34.5 Å². The summed E-state index contributed by atoms with van der Waals surface area (Å²) in [5.74, 6) is 0. The molecule has 0 aromatic heterocycles. The first-order chi connectivity index (χ1) is 10.7. The van der Waals surface area contributed by atoms with Crippen LogP contribution in [0.15, 0.2) is 0 Å². The molecule has 0 amide bonds. The van der Waals surface area contributed by atoms with Crippen molar-refractivity contribution in [2.75, 3.05) is 25.2 Å². The number of quaternary nitrogens is 1. The Morgan fingerprint density at radius 1 is 0.560 bits per heavy atom. The minimum atomic E-state index is -6.00. The Balaban J connectivity index is -0.000000166. The number of hydrogen-bond donors (Lipinski definition) is 1. The van der Waals surface area contributed by atoms with Crippen LogP contribution in [0.4, 0.5) is 34.5 Å². The van der Waals surface area contributed by atoms with E-state index >= 15 is 0 Å². The smallest absolute Gasteiger partial charge is 0.418 e. The monoisotopic (exact) mass is 409 g/mol. The first kappa shape index (κ1) is 32.6. The second-order valence-corrected chi connectivity index (χ2v) is 10.4. The van der Waals surface area contributed by atoms with Crippen LogP contribution in [0.25, 0.3) is 0 Å². The Bertz CT molecular complexity index is 232. The molecule has 0 fully saturated rings. The van der Waals surface area contributed by atoms with Crippen molar-refractivity contribution in [1.29, 1.82) is 0 Å².